The molecule has 0 aromatic rings. The number of rotatable bonds is 13. The van der Waals surface area contributed by atoms with E-state index in [1.165, 1.54) is 0 Å². The van der Waals surface area contributed by atoms with E-state index in [9.17, 15) is 19.2 Å². The van der Waals surface area contributed by atoms with Gasteiger partial charge in [-0.2, -0.15) is 0 Å². The van der Waals surface area contributed by atoms with Crippen LogP contribution in [0.5, 0.6) is 0 Å². The molecular weight excluding hydrogens is 396 g/mol. The summed E-state index contributed by atoms with van der Waals surface area (Å²) in [6.45, 7) is 13.4. The lowest BCUT2D eigenvalue weighted by atomic mass is 9.84. The number of carbonyl (C=O) groups excluding carboxylic acids is 4. The van der Waals surface area contributed by atoms with Gasteiger partial charge in [0.2, 0.25) is 0 Å². The minimum Gasteiger partial charge on any atom is -0.459 e. The van der Waals surface area contributed by atoms with E-state index in [1.807, 2.05) is 13.8 Å². The van der Waals surface area contributed by atoms with Crippen LogP contribution in [0.25, 0.3) is 0 Å². The number of hydrogen-bond donors (Lipinski definition) is 2. The molecule has 0 bridgehead atoms. The molecule has 2 N–H and O–H groups in total. The Morgan fingerprint density at radius 1 is 0.767 bits per heavy atom. The van der Waals surface area contributed by atoms with Gasteiger partial charge in [-0.1, -0.05) is 20.1 Å². The van der Waals surface area contributed by atoms with E-state index in [0.29, 0.717) is 12.8 Å². The van der Waals surface area contributed by atoms with Gasteiger partial charge in [0.15, 0.2) is 0 Å². The Morgan fingerprint density at radius 3 is 1.57 bits per heavy atom. The van der Waals surface area contributed by atoms with Crippen LogP contribution >= 0.6 is 0 Å². The van der Waals surface area contributed by atoms with Gasteiger partial charge in [-0.05, 0) is 33.6 Å². The van der Waals surface area contributed by atoms with Crippen LogP contribution in [-0.4, -0.2) is 61.6 Å². The Balaban J connectivity index is 4.48. The van der Waals surface area contributed by atoms with Crippen molar-refractivity contribution in [3.8, 4) is 0 Å². The summed E-state index contributed by atoms with van der Waals surface area (Å²) in [7, 11) is 0. The molecule has 30 heavy (non-hydrogen) atoms. The SMILES string of the molecule is C=CC(=O)OCCOC(=O)NC(C)(C)CC(C)(CC)NC(=O)OCCOC(=O)C=C. The largest absolute Gasteiger partial charge is 0.459 e. The summed E-state index contributed by atoms with van der Waals surface area (Å²) < 4.78 is 19.4. The van der Waals surface area contributed by atoms with Gasteiger partial charge in [0.05, 0.1) is 0 Å². The highest BCUT2D eigenvalue weighted by molar-refractivity contribution is 5.81. The number of amides is 2. The number of ether oxygens (including phenoxy) is 4. The molecule has 0 aromatic carbocycles. The fraction of sp³-hybridized carbons (Fsp3) is 0.600. The third kappa shape index (κ3) is 12.4. The van der Waals surface area contributed by atoms with Crippen LogP contribution in [0.4, 0.5) is 9.59 Å². The van der Waals surface area contributed by atoms with E-state index in [1.54, 1.807) is 13.8 Å². The zero-order valence-corrected chi connectivity index (χ0v) is 18.1. The van der Waals surface area contributed by atoms with E-state index in [2.05, 4.69) is 23.8 Å². The summed E-state index contributed by atoms with van der Waals surface area (Å²) in [5.41, 5.74) is -1.42. The molecule has 2 amide bonds. The van der Waals surface area contributed by atoms with Crippen LogP contribution in [0, 0.1) is 0 Å². The first-order valence-corrected chi connectivity index (χ1v) is 9.45. The first-order valence-electron chi connectivity index (χ1n) is 9.45. The lowest BCUT2D eigenvalue weighted by Crippen LogP contribution is -2.55. The third-order valence-corrected chi connectivity index (χ3v) is 3.91. The molecular formula is C20H32N2O8. The van der Waals surface area contributed by atoms with Crippen molar-refractivity contribution in [1.82, 2.24) is 10.6 Å². The van der Waals surface area contributed by atoms with Crippen molar-refractivity contribution in [2.75, 3.05) is 26.4 Å². The third-order valence-electron chi connectivity index (χ3n) is 3.91. The monoisotopic (exact) mass is 428 g/mol. The smallest absolute Gasteiger partial charge is 0.407 e. The molecule has 0 aliphatic heterocycles. The predicted molar refractivity (Wildman–Crippen MR) is 109 cm³/mol. The molecule has 1 atom stereocenters. The maximum absolute atomic E-state index is 12.0. The Labute approximate surface area is 176 Å². The molecule has 0 aliphatic rings. The second-order valence-corrected chi connectivity index (χ2v) is 7.24. The van der Waals surface area contributed by atoms with E-state index in [0.717, 1.165) is 12.2 Å². The highest BCUT2D eigenvalue weighted by Crippen LogP contribution is 2.23. The topological polar surface area (TPSA) is 129 Å². The van der Waals surface area contributed by atoms with Crippen molar-refractivity contribution >= 4 is 24.1 Å². The number of carbonyl (C=O) groups is 4. The minimum absolute atomic E-state index is 0.0812. The molecule has 10 nitrogen and oxygen atoms in total. The predicted octanol–water partition coefficient (Wildman–Crippen LogP) is 2.23. The Bertz CT molecular complexity index is 632. The van der Waals surface area contributed by atoms with Crippen LogP contribution in [0.2, 0.25) is 0 Å². The molecule has 0 saturated heterocycles. The lowest BCUT2D eigenvalue weighted by molar-refractivity contribution is -0.139. The van der Waals surface area contributed by atoms with Crippen molar-refractivity contribution in [2.24, 2.45) is 0 Å². The molecule has 0 rings (SSSR count). The van der Waals surface area contributed by atoms with Gasteiger partial charge in [0, 0.05) is 23.2 Å². The maximum Gasteiger partial charge on any atom is 0.407 e. The Hall–Kier alpha value is -3.04. The highest BCUT2D eigenvalue weighted by Gasteiger charge is 2.34. The second-order valence-electron chi connectivity index (χ2n) is 7.24. The van der Waals surface area contributed by atoms with E-state index in [4.69, 9.17) is 18.9 Å². The van der Waals surface area contributed by atoms with E-state index >= 15 is 0 Å². The summed E-state index contributed by atoms with van der Waals surface area (Å²) in [4.78, 5) is 45.9. The van der Waals surface area contributed by atoms with Gasteiger partial charge in [0.25, 0.3) is 0 Å². The molecule has 0 aliphatic carbocycles. The van der Waals surface area contributed by atoms with Crippen molar-refractivity contribution in [1.29, 1.82) is 0 Å². The van der Waals surface area contributed by atoms with Crippen molar-refractivity contribution in [3.63, 3.8) is 0 Å². The summed E-state index contributed by atoms with van der Waals surface area (Å²) in [5, 5.41) is 5.48. The average Bonchev–Trinajstić information content (AvgIpc) is 2.66. The average molecular weight is 428 g/mol. The van der Waals surface area contributed by atoms with E-state index < -0.39 is 35.2 Å². The zero-order valence-electron chi connectivity index (χ0n) is 18.1. The number of hydrogen-bond acceptors (Lipinski definition) is 8. The quantitative estimate of drug-likeness (QED) is 0.198. The first-order chi connectivity index (χ1) is 14.0. The Morgan fingerprint density at radius 2 is 1.17 bits per heavy atom. The molecule has 0 fully saturated rings. The zero-order chi connectivity index (χ0) is 23.2. The first kappa shape index (κ1) is 27.0. The van der Waals surface area contributed by atoms with Crippen LogP contribution in [0.1, 0.15) is 40.5 Å². The summed E-state index contributed by atoms with van der Waals surface area (Å²) in [6, 6.07) is 0. The van der Waals surface area contributed by atoms with Crippen molar-refractivity contribution in [2.45, 2.75) is 51.6 Å². The van der Waals surface area contributed by atoms with Crippen LogP contribution in [-0.2, 0) is 28.5 Å². The maximum atomic E-state index is 12.0. The van der Waals surface area contributed by atoms with Gasteiger partial charge in [-0.15, -0.1) is 0 Å². The van der Waals surface area contributed by atoms with Gasteiger partial charge < -0.3 is 29.6 Å². The van der Waals surface area contributed by atoms with Gasteiger partial charge in [-0.25, -0.2) is 19.2 Å². The number of alkyl carbamates (subject to hydrolysis) is 2. The normalized spacial score (nSPS) is 12.5. The molecule has 0 heterocycles. The molecule has 0 radical (unpaired) electrons. The minimum atomic E-state index is -0.730. The van der Waals surface area contributed by atoms with Crippen molar-refractivity contribution < 1.29 is 38.1 Å². The van der Waals surface area contributed by atoms with Crippen LogP contribution < -0.4 is 10.6 Å². The van der Waals surface area contributed by atoms with Crippen LogP contribution in [0.3, 0.4) is 0 Å². The summed E-state index contributed by atoms with van der Waals surface area (Å²) >= 11 is 0. The van der Waals surface area contributed by atoms with Crippen molar-refractivity contribution in [3.05, 3.63) is 25.3 Å². The van der Waals surface area contributed by atoms with Crippen LogP contribution in [0.15, 0.2) is 25.3 Å². The van der Waals surface area contributed by atoms with E-state index in [-0.39, 0.29) is 26.4 Å². The molecule has 0 saturated carbocycles. The summed E-state index contributed by atoms with van der Waals surface area (Å²) in [5.74, 6) is -1.20. The molecule has 0 aromatic heterocycles. The molecule has 1 unspecified atom stereocenters. The fourth-order valence-corrected chi connectivity index (χ4v) is 2.54. The Kier molecular flexibility index (Phi) is 11.9. The second kappa shape index (κ2) is 13.2. The van der Waals surface area contributed by atoms with Gasteiger partial charge in [-0.3, -0.25) is 0 Å². The van der Waals surface area contributed by atoms with Gasteiger partial charge >= 0.3 is 24.1 Å². The number of nitrogens with one attached hydrogen (secondary N) is 2. The summed E-state index contributed by atoms with van der Waals surface area (Å²) in [6.07, 6.45) is 1.61. The fourth-order valence-electron chi connectivity index (χ4n) is 2.54. The molecule has 0 spiro atoms. The van der Waals surface area contributed by atoms with Gasteiger partial charge in [0.1, 0.15) is 26.4 Å². The number of esters is 2. The molecule has 10 heteroatoms. The molecule has 170 valence electrons. The lowest BCUT2D eigenvalue weighted by Gasteiger charge is -2.37. The highest BCUT2D eigenvalue weighted by atomic mass is 16.6. The standard InChI is InChI=1S/C20H32N2O8/c1-7-15(23)27-10-12-29-17(25)21-19(4,5)14-20(6,9-3)22-18(26)30-13-11-28-16(24)8-2/h7-8H,1-2,9-14H2,3-6H3,(H,21,25)(H,22,26).